The Labute approximate surface area is 131 Å². The van der Waals surface area contributed by atoms with Crippen molar-refractivity contribution < 1.29 is 4.79 Å². The van der Waals surface area contributed by atoms with Crippen LogP contribution in [0.25, 0.3) is 0 Å². The fraction of sp³-hybridized carbons (Fsp3) is 0.353. The molecule has 1 unspecified atom stereocenters. The van der Waals surface area contributed by atoms with Gasteiger partial charge in [0, 0.05) is 29.7 Å². The number of carbonyl (C=O) groups is 1. The molecule has 0 fully saturated rings. The van der Waals surface area contributed by atoms with Crippen LogP contribution in [0, 0.1) is 5.92 Å². The molecule has 0 bridgehead atoms. The Morgan fingerprint density at radius 2 is 2.05 bits per heavy atom. The summed E-state index contributed by atoms with van der Waals surface area (Å²) in [5, 5.41) is 6.15. The van der Waals surface area contributed by atoms with E-state index in [1.54, 1.807) is 24.7 Å². The first-order chi connectivity index (χ1) is 10.5. The van der Waals surface area contributed by atoms with E-state index in [2.05, 4.69) is 34.4 Å². The van der Waals surface area contributed by atoms with E-state index in [4.69, 9.17) is 0 Å². The summed E-state index contributed by atoms with van der Waals surface area (Å²) < 4.78 is 0. The Balaban J connectivity index is 2.03. The average Bonchev–Trinajstić information content (AvgIpc) is 2.47. The van der Waals surface area contributed by atoms with Gasteiger partial charge in [-0.25, -0.2) is 4.98 Å². The fourth-order valence-electron chi connectivity index (χ4n) is 2.32. The lowest BCUT2D eigenvalue weighted by atomic mass is 10.0. The molecule has 5 heteroatoms. The van der Waals surface area contributed by atoms with Crippen molar-refractivity contribution in [2.24, 2.45) is 5.92 Å². The van der Waals surface area contributed by atoms with Crippen LogP contribution in [0.4, 0.5) is 11.5 Å². The van der Waals surface area contributed by atoms with E-state index in [0.717, 1.165) is 12.1 Å². The minimum atomic E-state index is -0.0593. The summed E-state index contributed by atoms with van der Waals surface area (Å²) in [6.45, 7) is 6.32. The second-order valence-electron chi connectivity index (χ2n) is 5.80. The summed E-state index contributed by atoms with van der Waals surface area (Å²) in [5.41, 5.74) is 1.44. The number of nitrogens with zero attached hydrogens (tertiary/aromatic N) is 2. The van der Waals surface area contributed by atoms with E-state index < -0.39 is 0 Å². The van der Waals surface area contributed by atoms with Gasteiger partial charge < -0.3 is 10.6 Å². The van der Waals surface area contributed by atoms with Crippen LogP contribution in [0.3, 0.4) is 0 Å². The number of carbonyl (C=O) groups excluding carboxylic acids is 1. The van der Waals surface area contributed by atoms with Gasteiger partial charge >= 0.3 is 0 Å². The quantitative estimate of drug-likeness (QED) is 0.858. The molecule has 0 spiro atoms. The third kappa shape index (κ3) is 4.84. The molecule has 2 N–H and O–H groups in total. The van der Waals surface area contributed by atoms with Crippen LogP contribution < -0.4 is 10.6 Å². The van der Waals surface area contributed by atoms with Crippen molar-refractivity contribution >= 4 is 17.4 Å². The molecule has 1 atom stereocenters. The van der Waals surface area contributed by atoms with Crippen molar-refractivity contribution in [3.05, 3.63) is 48.4 Å². The fourth-order valence-corrected chi connectivity index (χ4v) is 2.32. The molecule has 0 radical (unpaired) electrons. The molecule has 2 aromatic rings. The van der Waals surface area contributed by atoms with Crippen LogP contribution in [0.5, 0.6) is 0 Å². The minimum Gasteiger partial charge on any atom is -0.350 e. The van der Waals surface area contributed by atoms with Gasteiger partial charge in [0.1, 0.15) is 5.82 Å². The summed E-state index contributed by atoms with van der Waals surface area (Å²) in [6, 6.07) is 7.51. The van der Waals surface area contributed by atoms with E-state index >= 15 is 0 Å². The number of anilines is 2. The van der Waals surface area contributed by atoms with Crippen LogP contribution in [0.1, 0.15) is 37.6 Å². The van der Waals surface area contributed by atoms with Crippen molar-refractivity contribution in [2.75, 3.05) is 5.32 Å². The van der Waals surface area contributed by atoms with Crippen molar-refractivity contribution in [1.82, 2.24) is 15.3 Å². The highest BCUT2D eigenvalue weighted by molar-refractivity contribution is 5.95. The maximum atomic E-state index is 12.3. The van der Waals surface area contributed by atoms with Crippen molar-refractivity contribution in [2.45, 2.75) is 33.2 Å². The van der Waals surface area contributed by atoms with Gasteiger partial charge in [-0.2, -0.15) is 0 Å². The first kappa shape index (κ1) is 15.9. The van der Waals surface area contributed by atoms with Crippen molar-refractivity contribution in [3.8, 4) is 0 Å². The predicted octanol–water partition coefficient (Wildman–Crippen LogP) is 3.38. The van der Waals surface area contributed by atoms with Crippen LogP contribution >= 0.6 is 0 Å². The van der Waals surface area contributed by atoms with Gasteiger partial charge in [0.15, 0.2) is 0 Å². The largest absolute Gasteiger partial charge is 0.350 e. The molecule has 22 heavy (non-hydrogen) atoms. The molecular weight excluding hydrogens is 276 g/mol. The number of rotatable bonds is 6. The van der Waals surface area contributed by atoms with Crippen molar-refractivity contribution in [1.29, 1.82) is 0 Å². The maximum Gasteiger partial charge on any atom is 0.251 e. The Kier molecular flexibility index (Phi) is 5.47. The smallest absolute Gasteiger partial charge is 0.251 e. The zero-order valence-electron chi connectivity index (χ0n) is 13.2. The van der Waals surface area contributed by atoms with Gasteiger partial charge in [-0.15, -0.1) is 0 Å². The van der Waals surface area contributed by atoms with E-state index in [1.807, 2.05) is 25.1 Å². The Bertz CT molecular complexity index is 613. The second-order valence-corrected chi connectivity index (χ2v) is 5.80. The number of amides is 1. The third-order valence-corrected chi connectivity index (χ3v) is 3.16. The van der Waals surface area contributed by atoms with Gasteiger partial charge in [0.25, 0.3) is 5.91 Å². The molecule has 2 rings (SSSR count). The second kappa shape index (κ2) is 7.54. The van der Waals surface area contributed by atoms with Crippen LogP contribution in [0.2, 0.25) is 0 Å². The summed E-state index contributed by atoms with van der Waals surface area (Å²) in [6.07, 6.45) is 5.83. The Morgan fingerprint density at radius 3 is 2.73 bits per heavy atom. The van der Waals surface area contributed by atoms with Gasteiger partial charge in [0.05, 0.1) is 6.20 Å². The lowest BCUT2D eigenvalue weighted by Gasteiger charge is -2.16. The van der Waals surface area contributed by atoms with Crippen molar-refractivity contribution in [3.63, 3.8) is 0 Å². The zero-order chi connectivity index (χ0) is 15.9. The Hall–Kier alpha value is -2.43. The third-order valence-electron chi connectivity index (χ3n) is 3.16. The molecule has 1 heterocycles. The lowest BCUT2D eigenvalue weighted by Crippen LogP contribution is -2.33. The first-order valence-electron chi connectivity index (χ1n) is 7.48. The molecule has 1 aromatic heterocycles. The normalized spacial score (nSPS) is 12.0. The van der Waals surface area contributed by atoms with E-state index in [1.165, 1.54) is 0 Å². The summed E-state index contributed by atoms with van der Waals surface area (Å²) in [7, 11) is 0. The van der Waals surface area contributed by atoms with E-state index in [9.17, 15) is 4.79 Å². The molecule has 0 aliphatic carbocycles. The minimum absolute atomic E-state index is 0.0593. The number of benzene rings is 1. The van der Waals surface area contributed by atoms with Gasteiger partial charge in [-0.1, -0.05) is 19.9 Å². The molecule has 0 saturated carbocycles. The number of hydrogen-bond acceptors (Lipinski definition) is 4. The summed E-state index contributed by atoms with van der Waals surface area (Å²) >= 11 is 0. The molecule has 1 amide bonds. The van der Waals surface area contributed by atoms with E-state index in [-0.39, 0.29) is 11.9 Å². The molecule has 5 nitrogen and oxygen atoms in total. The molecular formula is C17H22N4O. The topological polar surface area (TPSA) is 66.9 Å². The van der Waals surface area contributed by atoms with E-state index in [0.29, 0.717) is 17.3 Å². The molecule has 0 saturated heterocycles. The summed E-state index contributed by atoms with van der Waals surface area (Å²) in [4.78, 5) is 20.4. The SMILES string of the molecule is CC(C)CC(C)NC(=O)c1cccc(Nc2cnccn2)c1. The standard InChI is InChI=1S/C17H22N4O/c1-12(2)9-13(3)20-17(22)14-5-4-6-15(10-14)21-16-11-18-7-8-19-16/h4-8,10-13H,9H2,1-3H3,(H,19,21)(H,20,22). The summed E-state index contributed by atoms with van der Waals surface area (Å²) in [5.74, 6) is 1.14. The van der Waals surface area contributed by atoms with Gasteiger partial charge in [-0.05, 0) is 37.5 Å². The highest BCUT2D eigenvalue weighted by Crippen LogP contribution is 2.15. The molecule has 1 aromatic carbocycles. The Morgan fingerprint density at radius 1 is 1.23 bits per heavy atom. The molecule has 116 valence electrons. The number of aromatic nitrogens is 2. The molecule has 0 aliphatic rings. The number of nitrogens with one attached hydrogen (secondary N) is 2. The predicted molar refractivity (Wildman–Crippen MR) is 88.1 cm³/mol. The van der Waals surface area contributed by atoms with Gasteiger partial charge in [-0.3, -0.25) is 9.78 Å². The zero-order valence-corrected chi connectivity index (χ0v) is 13.2. The highest BCUT2D eigenvalue weighted by atomic mass is 16.1. The van der Waals surface area contributed by atoms with Crippen LogP contribution in [-0.2, 0) is 0 Å². The first-order valence-corrected chi connectivity index (χ1v) is 7.48. The highest BCUT2D eigenvalue weighted by Gasteiger charge is 2.11. The average molecular weight is 298 g/mol. The lowest BCUT2D eigenvalue weighted by molar-refractivity contribution is 0.0936. The van der Waals surface area contributed by atoms with Gasteiger partial charge in [0.2, 0.25) is 0 Å². The number of hydrogen-bond donors (Lipinski definition) is 2. The van der Waals surface area contributed by atoms with Crippen LogP contribution in [0.15, 0.2) is 42.9 Å². The maximum absolute atomic E-state index is 12.3. The van der Waals surface area contributed by atoms with Crippen LogP contribution in [-0.4, -0.2) is 21.9 Å². The monoisotopic (exact) mass is 298 g/mol. The molecule has 0 aliphatic heterocycles.